The molecule has 0 aliphatic heterocycles. The molecule has 2 nitrogen and oxygen atoms in total. The maximum absolute atomic E-state index is 6.31. The van der Waals surface area contributed by atoms with Crippen LogP contribution in [0.15, 0.2) is 12.1 Å². The molecule has 0 spiro atoms. The number of hydrogen-bond donors (Lipinski definition) is 1. The highest BCUT2D eigenvalue weighted by Crippen LogP contribution is 2.46. The highest BCUT2D eigenvalue weighted by Gasteiger charge is 2.37. The monoisotopic (exact) mass is 287 g/mol. The van der Waals surface area contributed by atoms with Gasteiger partial charge in [-0.15, -0.1) is 0 Å². The lowest BCUT2D eigenvalue weighted by Crippen LogP contribution is -2.38. The Morgan fingerprint density at radius 3 is 2.43 bits per heavy atom. The first-order chi connectivity index (χ1) is 10.3. The Hall–Kier alpha value is -1.02. The minimum absolute atomic E-state index is 0.166. The second kappa shape index (κ2) is 6.39. The Morgan fingerprint density at radius 1 is 1.00 bits per heavy atom. The fraction of sp³-hybridized carbons (Fsp3) is 0.684. The molecule has 1 saturated carbocycles. The van der Waals surface area contributed by atoms with E-state index in [1.165, 1.54) is 69.8 Å². The molecule has 0 radical (unpaired) electrons. The maximum atomic E-state index is 6.31. The van der Waals surface area contributed by atoms with Gasteiger partial charge in [0.1, 0.15) is 5.75 Å². The molecule has 116 valence electrons. The van der Waals surface area contributed by atoms with E-state index < -0.39 is 0 Å². The molecule has 1 fully saturated rings. The van der Waals surface area contributed by atoms with Crippen LogP contribution in [0.2, 0.25) is 0 Å². The van der Waals surface area contributed by atoms with Crippen molar-refractivity contribution in [1.29, 1.82) is 0 Å². The second-order valence-corrected chi connectivity index (χ2v) is 6.89. The normalized spacial score (nSPS) is 21.4. The van der Waals surface area contributed by atoms with Crippen molar-refractivity contribution >= 4 is 0 Å². The summed E-state index contributed by atoms with van der Waals surface area (Å²) in [5.41, 5.74) is 11.1. The molecule has 0 amide bonds. The second-order valence-electron chi connectivity index (χ2n) is 6.89. The fourth-order valence-electron chi connectivity index (χ4n) is 4.52. The number of hydrogen-bond acceptors (Lipinski definition) is 2. The molecule has 0 bridgehead atoms. The van der Waals surface area contributed by atoms with Crippen LogP contribution < -0.4 is 10.5 Å². The van der Waals surface area contributed by atoms with Crippen LogP contribution in [0, 0.1) is 0 Å². The predicted molar refractivity (Wildman–Crippen MR) is 88.1 cm³/mol. The molecule has 0 unspecified atom stereocenters. The van der Waals surface area contributed by atoms with Gasteiger partial charge in [0.15, 0.2) is 0 Å². The molecule has 3 rings (SSSR count). The van der Waals surface area contributed by atoms with E-state index in [0.717, 1.165) is 12.3 Å². The van der Waals surface area contributed by atoms with Gasteiger partial charge in [-0.2, -0.15) is 0 Å². The predicted octanol–water partition coefficient (Wildman–Crippen LogP) is 4.12. The third-order valence-electron chi connectivity index (χ3n) is 5.70. The fourth-order valence-corrected chi connectivity index (χ4v) is 4.52. The first kappa shape index (κ1) is 14.9. The van der Waals surface area contributed by atoms with Gasteiger partial charge in [0, 0.05) is 17.5 Å². The van der Waals surface area contributed by atoms with E-state index in [1.807, 2.05) is 7.11 Å². The minimum atomic E-state index is 0.166. The van der Waals surface area contributed by atoms with E-state index in [4.69, 9.17) is 10.5 Å². The zero-order chi connectivity index (χ0) is 14.7. The molecule has 0 aromatic heterocycles. The highest BCUT2D eigenvalue weighted by molar-refractivity contribution is 5.51. The summed E-state index contributed by atoms with van der Waals surface area (Å²) in [6, 6.07) is 4.50. The quantitative estimate of drug-likeness (QED) is 0.849. The van der Waals surface area contributed by atoms with Crippen molar-refractivity contribution in [2.75, 3.05) is 13.7 Å². The van der Waals surface area contributed by atoms with E-state index in [0.29, 0.717) is 0 Å². The first-order valence-electron chi connectivity index (χ1n) is 8.70. The Bertz CT molecular complexity index is 489. The molecule has 2 aliphatic carbocycles. The number of aryl methyl sites for hydroxylation is 1. The van der Waals surface area contributed by atoms with Gasteiger partial charge in [-0.05, 0) is 55.7 Å². The third kappa shape index (κ3) is 2.70. The summed E-state index contributed by atoms with van der Waals surface area (Å²) < 4.78 is 5.78. The lowest BCUT2D eigenvalue weighted by Gasteiger charge is -2.39. The largest absolute Gasteiger partial charge is 0.496 e. The molecule has 21 heavy (non-hydrogen) atoms. The first-order valence-corrected chi connectivity index (χ1v) is 8.70. The number of nitrogens with two attached hydrogens (primary N) is 1. The summed E-state index contributed by atoms with van der Waals surface area (Å²) in [6.07, 6.45) is 12.9. The van der Waals surface area contributed by atoms with Crippen molar-refractivity contribution in [3.63, 3.8) is 0 Å². The average Bonchev–Trinajstić information content (AvgIpc) is 2.79. The van der Waals surface area contributed by atoms with Gasteiger partial charge >= 0.3 is 0 Å². The zero-order valence-electron chi connectivity index (χ0n) is 13.4. The smallest absolute Gasteiger partial charge is 0.122 e. The van der Waals surface area contributed by atoms with Crippen LogP contribution in [0.3, 0.4) is 0 Å². The lowest BCUT2D eigenvalue weighted by molar-refractivity contribution is 0.285. The van der Waals surface area contributed by atoms with Crippen LogP contribution >= 0.6 is 0 Å². The maximum Gasteiger partial charge on any atom is 0.122 e. The minimum Gasteiger partial charge on any atom is -0.496 e. The Kier molecular flexibility index (Phi) is 4.54. The Morgan fingerprint density at radius 2 is 1.71 bits per heavy atom. The van der Waals surface area contributed by atoms with Crippen LogP contribution in [0.1, 0.15) is 68.1 Å². The highest BCUT2D eigenvalue weighted by atomic mass is 16.5. The van der Waals surface area contributed by atoms with Gasteiger partial charge in [-0.3, -0.25) is 0 Å². The van der Waals surface area contributed by atoms with Crippen molar-refractivity contribution in [3.8, 4) is 5.75 Å². The van der Waals surface area contributed by atoms with Gasteiger partial charge in [0.25, 0.3) is 0 Å². The van der Waals surface area contributed by atoms with E-state index in [9.17, 15) is 0 Å². The van der Waals surface area contributed by atoms with Crippen molar-refractivity contribution in [1.82, 2.24) is 0 Å². The van der Waals surface area contributed by atoms with Crippen LogP contribution in [-0.4, -0.2) is 13.7 Å². The molecule has 0 atom stereocenters. The topological polar surface area (TPSA) is 35.2 Å². The molecule has 2 aliphatic rings. The van der Waals surface area contributed by atoms with Gasteiger partial charge in [-0.25, -0.2) is 0 Å². The van der Waals surface area contributed by atoms with E-state index in [1.54, 1.807) is 11.1 Å². The summed E-state index contributed by atoms with van der Waals surface area (Å²) >= 11 is 0. The summed E-state index contributed by atoms with van der Waals surface area (Å²) in [5, 5.41) is 0. The average molecular weight is 287 g/mol. The summed E-state index contributed by atoms with van der Waals surface area (Å²) in [5.74, 6) is 1.09. The van der Waals surface area contributed by atoms with Crippen molar-refractivity contribution in [2.24, 2.45) is 5.73 Å². The van der Waals surface area contributed by atoms with Crippen LogP contribution in [-0.2, 0) is 18.3 Å². The van der Waals surface area contributed by atoms with E-state index >= 15 is 0 Å². The molecule has 2 N–H and O–H groups in total. The van der Waals surface area contributed by atoms with Crippen LogP contribution in [0.25, 0.3) is 0 Å². The molecule has 2 heteroatoms. The molecule has 1 aromatic rings. The third-order valence-corrected chi connectivity index (χ3v) is 5.70. The molecule has 1 aromatic carbocycles. The van der Waals surface area contributed by atoms with Gasteiger partial charge < -0.3 is 10.5 Å². The van der Waals surface area contributed by atoms with Gasteiger partial charge in [0.2, 0.25) is 0 Å². The SMILES string of the molecule is COc1ccc2c(c1C1(CN)CCCCC1)CCCCC2. The van der Waals surface area contributed by atoms with Gasteiger partial charge in [0.05, 0.1) is 7.11 Å². The Balaban J connectivity index is 2.13. The van der Waals surface area contributed by atoms with E-state index in [2.05, 4.69) is 12.1 Å². The summed E-state index contributed by atoms with van der Waals surface area (Å²) in [4.78, 5) is 0. The zero-order valence-corrected chi connectivity index (χ0v) is 13.4. The number of fused-ring (bicyclic) bond motifs is 1. The van der Waals surface area contributed by atoms with Crippen molar-refractivity contribution < 1.29 is 4.74 Å². The van der Waals surface area contributed by atoms with Crippen molar-refractivity contribution in [3.05, 3.63) is 28.8 Å². The van der Waals surface area contributed by atoms with Crippen LogP contribution in [0.4, 0.5) is 0 Å². The van der Waals surface area contributed by atoms with E-state index in [-0.39, 0.29) is 5.41 Å². The molecular weight excluding hydrogens is 258 g/mol. The van der Waals surface area contributed by atoms with Crippen LogP contribution in [0.5, 0.6) is 5.75 Å². The molecule has 0 heterocycles. The molecule has 0 saturated heterocycles. The lowest BCUT2D eigenvalue weighted by atomic mass is 9.67. The summed E-state index contributed by atoms with van der Waals surface area (Å²) in [6.45, 7) is 0.764. The number of rotatable bonds is 3. The Labute approximate surface area is 129 Å². The number of ether oxygens (including phenoxy) is 1. The standard InChI is InChI=1S/C19H29NO/c1-21-17-11-10-15-8-4-2-5-9-16(15)18(17)19(14-20)12-6-3-7-13-19/h10-11H,2-9,12-14,20H2,1H3. The van der Waals surface area contributed by atoms with Crippen molar-refractivity contribution in [2.45, 2.75) is 69.6 Å². The number of methoxy groups -OCH3 is 1. The molecular formula is C19H29NO. The van der Waals surface area contributed by atoms with Gasteiger partial charge in [-0.1, -0.05) is 31.7 Å². The summed E-state index contributed by atoms with van der Waals surface area (Å²) in [7, 11) is 1.81. The number of benzene rings is 1.